The maximum Gasteiger partial charge on any atom is 0.0997 e. The Kier molecular flexibility index (Phi) is 3.73. The van der Waals surface area contributed by atoms with E-state index in [0.717, 1.165) is 17.1 Å². The lowest BCUT2D eigenvalue weighted by molar-refractivity contribution is -0.895. The molecule has 1 saturated carbocycles. The van der Waals surface area contributed by atoms with Crippen LogP contribution in [0.5, 0.6) is 0 Å². The largest absolute Gasteiger partial charge is 0.323 e. The van der Waals surface area contributed by atoms with E-state index in [-0.39, 0.29) is 7.43 Å². The summed E-state index contributed by atoms with van der Waals surface area (Å²) in [6, 6.07) is 0.788. The predicted octanol–water partition coefficient (Wildman–Crippen LogP) is 2.34. The Morgan fingerprint density at radius 2 is 2.00 bits per heavy atom. The van der Waals surface area contributed by atoms with Crippen LogP contribution in [-0.2, 0) is 0 Å². The fourth-order valence-electron chi connectivity index (χ4n) is 1.23. The van der Waals surface area contributed by atoms with Crippen LogP contribution in [0, 0.1) is 0 Å². The molecule has 0 amide bonds. The molecular formula is C9H19FN+. The molecule has 0 aromatic carbocycles. The highest BCUT2D eigenvalue weighted by molar-refractivity contribution is 4.78. The van der Waals surface area contributed by atoms with Crippen LogP contribution in [0.25, 0.3) is 0 Å². The molecule has 1 rings (SSSR count). The summed E-state index contributed by atoms with van der Waals surface area (Å²) in [6.45, 7) is 0.821. The van der Waals surface area contributed by atoms with E-state index in [1.807, 2.05) is 0 Å². The van der Waals surface area contributed by atoms with Crippen LogP contribution in [0.4, 0.5) is 4.39 Å². The smallest absolute Gasteiger partial charge is 0.0997 e. The topological polar surface area (TPSA) is 0 Å². The molecule has 0 saturated heterocycles. The molecule has 0 N–H and O–H groups in total. The highest BCUT2D eigenvalue weighted by atomic mass is 19.1. The third-order valence-corrected chi connectivity index (χ3v) is 2.20. The van der Waals surface area contributed by atoms with Crippen LogP contribution in [0.3, 0.4) is 0 Å². The fourth-order valence-corrected chi connectivity index (χ4v) is 1.23. The zero-order valence-electron chi connectivity index (χ0n) is 6.68. The van der Waals surface area contributed by atoms with Crippen molar-refractivity contribution in [2.75, 3.05) is 20.6 Å². The molecule has 0 atom stereocenters. The molecular weight excluding hydrogens is 141 g/mol. The number of hydrogen-bond donors (Lipinski definition) is 0. The molecule has 0 heterocycles. The molecule has 66 valence electrons. The Bertz CT molecular complexity index is 136. The minimum Gasteiger partial charge on any atom is -0.323 e. The molecule has 1 aliphatic rings. The van der Waals surface area contributed by atoms with Crippen molar-refractivity contribution in [1.82, 2.24) is 0 Å². The predicted molar refractivity (Wildman–Crippen MR) is 47.0 cm³/mol. The summed E-state index contributed by atoms with van der Waals surface area (Å²) < 4.78 is 12.6. The van der Waals surface area contributed by atoms with Crippen LogP contribution in [-0.4, -0.2) is 31.2 Å². The monoisotopic (exact) mass is 160 g/mol. The van der Waals surface area contributed by atoms with Gasteiger partial charge in [-0.15, -0.1) is 0 Å². The lowest BCUT2D eigenvalue weighted by atomic mass is 10.4. The number of nitrogens with zero attached hydrogens (tertiary/aromatic N) is 1. The maximum absolute atomic E-state index is 11.6. The third kappa shape index (κ3) is 3.02. The van der Waals surface area contributed by atoms with Gasteiger partial charge in [0.25, 0.3) is 0 Å². The molecule has 2 heteroatoms. The van der Waals surface area contributed by atoms with E-state index in [1.54, 1.807) is 6.08 Å². The summed E-state index contributed by atoms with van der Waals surface area (Å²) in [6.07, 6.45) is 4.86. The second-order valence-electron chi connectivity index (χ2n) is 3.55. The second kappa shape index (κ2) is 3.86. The molecule has 0 bridgehead atoms. The van der Waals surface area contributed by atoms with Gasteiger partial charge in [-0.25, -0.2) is 4.39 Å². The SMILES string of the molecule is C.C[N+](C)(C/C=C\F)C1CC1. The van der Waals surface area contributed by atoms with Crippen LogP contribution in [0.1, 0.15) is 20.3 Å². The van der Waals surface area contributed by atoms with Crippen LogP contribution >= 0.6 is 0 Å². The molecule has 0 radical (unpaired) electrons. The normalized spacial score (nSPS) is 18.5. The molecule has 0 unspecified atom stereocenters. The number of halogens is 1. The van der Waals surface area contributed by atoms with Gasteiger partial charge in [-0.05, 0) is 6.08 Å². The number of likely N-dealkylation sites (N-methyl/N-ethyl adjacent to an activating group) is 1. The van der Waals surface area contributed by atoms with Gasteiger partial charge in [0.2, 0.25) is 0 Å². The average molecular weight is 160 g/mol. The van der Waals surface area contributed by atoms with Crippen molar-refractivity contribution >= 4 is 0 Å². The Balaban J connectivity index is 0.000001000. The van der Waals surface area contributed by atoms with Gasteiger partial charge in [-0.3, -0.25) is 0 Å². The van der Waals surface area contributed by atoms with Crippen molar-refractivity contribution in [2.45, 2.75) is 26.3 Å². The lowest BCUT2D eigenvalue weighted by Gasteiger charge is -2.28. The summed E-state index contributed by atoms with van der Waals surface area (Å²) in [5.41, 5.74) is 0. The molecule has 0 aromatic heterocycles. The second-order valence-corrected chi connectivity index (χ2v) is 3.55. The standard InChI is InChI=1S/C8H15FN.CH4/c1-10(2,7-3-6-9)8-4-5-8;/h3,6,8H,4-5,7H2,1-2H3;1H4/q+1;/b6-3-;. The van der Waals surface area contributed by atoms with Crippen molar-refractivity contribution in [3.05, 3.63) is 12.4 Å². The van der Waals surface area contributed by atoms with Gasteiger partial charge in [-0.1, -0.05) is 7.43 Å². The summed E-state index contributed by atoms with van der Waals surface area (Å²) in [7, 11) is 4.30. The van der Waals surface area contributed by atoms with Gasteiger partial charge in [0, 0.05) is 12.8 Å². The van der Waals surface area contributed by atoms with E-state index in [1.165, 1.54) is 12.8 Å². The summed E-state index contributed by atoms with van der Waals surface area (Å²) in [5.74, 6) is 0. The fraction of sp³-hybridized carbons (Fsp3) is 0.778. The first kappa shape index (κ1) is 10.6. The molecule has 1 nitrogen and oxygen atoms in total. The third-order valence-electron chi connectivity index (χ3n) is 2.20. The first-order valence-corrected chi connectivity index (χ1v) is 3.75. The van der Waals surface area contributed by atoms with E-state index in [4.69, 9.17) is 0 Å². The molecule has 11 heavy (non-hydrogen) atoms. The van der Waals surface area contributed by atoms with E-state index in [2.05, 4.69) is 14.1 Å². The van der Waals surface area contributed by atoms with Crippen molar-refractivity contribution < 1.29 is 8.87 Å². The Morgan fingerprint density at radius 3 is 2.36 bits per heavy atom. The zero-order valence-corrected chi connectivity index (χ0v) is 6.68. The van der Waals surface area contributed by atoms with Crippen LogP contribution in [0.2, 0.25) is 0 Å². The van der Waals surface area contributed by atoms with Crippen molar-refractivity contribution in [1.29, 1.82) is 0 Å². The van der Waals surface area contributed by atoms with E-state index in [0.29, 0.717) is 6.33 Å². The number of rotatable bonds is 3. The minimum atomic E-state index is 0. The van der Waals surface area contributed by atoms with Gasteiger partial charge < -0.3 is 4.48 Å². The number of quaternary nitrogens is 1. The van der Waals surface area contributed by atoms with Crippen molar-refractivity contribution in [3.63, 3.8) is 0 Å². The number of hydrogen-bond acceptors (Lipinski definition) is 0. The minimum absolute atomic E-state index is 0. The first-order chi connectivity index (χ1) is 4.67. The first-order valence-electron chi connectivity index (χ1n) is 3.75. The van der Waals surface area contributed by atoms with Gasteiger partial charge in [0.15, 0.2) is 0 Å². The van der Waals surface area contributed by atoms with Crippen molar-refractivity contribution in [2.24, 2.45) is 0 Å². The molecule has 0 aromatic rings. The Labute approximate surface area is 69.1 Å². The van der Waals surface area contributed by atoms with Crippen molar-refractivity contribution in [3.8, 4) is 0 Å². The molecule has 0 aliphatic heterocycles. The Hall–Kier alpha value is -0.370. The zero-order chi connectivity index (χ0) is 7.61. The summed E-state index contributed by atoms with van der Waals surface area (Å²) in [5, 5.41) is 0. The van der Waals surface area contributed by atoms with E-state index in [9.17, 15) is 4.39 Å². The molecule has 1 aliphatic carbocycles. The summed E-state index contributed by atoms with van der Waals surface area (Å²) in [4.78, 5) is 0. The highest BCUT2D eigenvalue weighted by Crippen LogP contribution is 2.30. The molecule has 0 spiro atoms. The van der Waals surface area contributed by atoms with Crippen LogP contribution < -0.4 is 0 Å². The van der Waals surface area contributed by atoms with Crippen LogP contribution in [0.15, 0.2) is 12.4 Å². The summed E-state index contributed by atoms with van der Waals surface area (Å²) >= 11 is 0. The maximum atomic E-state index is 11.6. The molecule has 1 fully saturated rings. The van der Waals surface area contributed by atoms with E-state index >= 15 is 0 Å². The van der Waals surface area contributed by atoms with Gasteiger partial charge in [-0.2, -0.15) is 0 Å². The van der Waals surface area contributed by atoms with Gasteiger partial charge in [0.1, 0.15) is 0 Å². The quantitative estimate of drug-likeness (QED) is 0.556. The lowest BCUT2D eigenvalue weighted by Crippen LogP contribution is -2.41. The highest BCUT2D eigenvalue weighted by Gasteiger charge is 2.37. The average Bonchev–Trinajstić information content (AvgIpc) is 2.64. The van der Waals surface area contributed by atoms with Gasteiger partial charge >= 0.3 is 0 Å². The van der Waals surface area contributed by atoms with E-state index < -0.39 is 0 Å². The van der Waals surface area contributed by atoms with Gasteiger partial charge in [0.05, 0.1) is 33.0 Å². The Morgan fingerprint density at radius 1 is 1.45 bits per heavy atom.